The molecule has 1 unspecified atom stereocenters. The van der Waals surface area contributed by atoms with Gasteiger partial charge in [-0.15, -0.1) is 0 Å². The van der Waals surface area contributed by atoms with Gasteiger partial charge in [-0.2, -0.15) is 43.6 Å². The van der Waals surface area contributed by atoms with Crippen LogP contribution in [0.25, 0.3) is 32.9 Å². The van der Waals surface area contributed by atoms with Crippen LogP contribution in [0.15, 0.2) is 66.6 Å². The third kappa shape index (κ3) is 7.84. The number of carbonyl (C=O) groups excluding carboxylic acids is 1. The van der Waals surface area contributed by atoms with Crippen molar-refractivity contribution in [2.45, 2.75) is 46.5 Å². The number of pyridine rings is 2. The summed E-state index contributed by atoms with van der Waals surface area (Å²) in [5.74, 6) is -4.95. The van der Waals surface area contributed by atoms with Crippen molar-refractivity contribution in [2.75, 3.05) is 6.61 Å². The van der Waals surface area contributed by atoms with Crippen LogP contribution in [-0.4, -0.2) is 44.4 Å². The quantitative estimate of drug-likeness (QED) is 0.0612. The van der Waals surface area contributed by atoms with Crippen LogP contribution in [0, 0.1) is 25.8 Å². The number of aromatic nitrogens is 3. The summed E-state index contributed by atoms with van der Waals surface area (Å²) in [7, 11) is 0. The number of allylic oxidation sites excluding steroid dienone is 2. The molecule has 0 aliphatic carbocycles. The maximum absolute atomic E-state index is 12.6. The summed E-state index contributed by atoms with van der Waals surface area (Å²) >= 11 is 0. The van der Waals surface area contributed by atoms with E-state index in [0.29, 0.717) is 6.61 Å². The average molecular weight is 812 g/mol. The Balaban J connectivity index is 0.000000246. The summed E-state index contributed by atoms with van der Waals surface area (Å²) in [5, 5.41) is 16.1. The molecule has 0 aliphatic rings. The standard InChI is InChI=1S/C16H16F6O3.C16H12N3.Pt/c1-3-9(2)8-25-11-6-4-10(5-7-11)12(13(23)15(17,18)19)14(24)16(20,21)22;1-10-5-3-6-12-14-9-11(2)18-19(14)13-7-4-8-17-16(13)15(10)12;/h4-7,9,23H,3,8H2,1-2H3;3-6,8-9H,1-2H3;/q;-1;/b13-12-;;. The Labute approximate surface area is 269 Å². The van der Waals surface area contributed by atoms with Crippen molar-refractivity contribution in [1.29, 1.82) is 0 Å². The van der Waals surface area contributed by atoms with E-state index in [2.05, 4.69) is 47.3 Å². The van der Waals surface area contributed by atoms with Gasteiger partial charge < -0.3 is 14.8 Å². The first-order chi connectivity index (χ1) is 20.6. The first-order valence-corrected chi connectivity index (χ1v) is 13.5. The smallest absolute Gasteiger partial charge is 0.455 e. The Morgan fingerprint density at radius 3 is 2.31 bits per heavy atom. The van der Waals surface area contributed by atoms with E-state index < -0.39 is 35.0 Å². The number of benzene rings is 2. The molecule has 0 fully saturated rings. The number of Topliss-reactive ketones (excluding diaryl/α,β-unsaturated/α-hetero) is 1. The zero-order valence-electron chi connectivity index (χ0n) is 24.5. The van der Waals surface area contributed by atoms with E-state index in [1.807, 2.05) is 31.4 Å². The molecule has 45 heavy (non-hydrogen) atoms. The number of aryl methyl sites for hydroxylation is 2. The fraction of sp³-hybridized carbons (Fsp3) is 0.281. The molecular formula is C32H28F6N3O3Pt-. The minimum absolute atomic E-state index is 0. The topological polar surface area (TPSA) is 76.7 Å². The number of ketones is 1. The number of hydrogen-bond acceptors (Lipinski definition) is 5. The first kappa shape index (κ1) is 35.6. The molecule has 0 amide bonds. The van der Waals surface area contributed by atoms with E-state index >= 15 is 0 Å². The monoisotopic (exact) mass is 811 g/mol. The van der Waals surface area contributed by atoms with Crippen molar-refractivity contribution in [1.82, 2.24) is 14.6 Å². The van der Waals surface area contributed by atoms with Gasteiger partial charge in [0.1, 0.15) is 5.75 Å². The molecule has 5 rings (SSSR count). The normalized spacial score (nSPS) is 13.1. The van der Waals surface area contributed by atoms with Crippen LogP contribution < -0.4 is 4.74 Å². The van der Waals surface area contributed by atoms with E-state index in [9.17, 15) is 31.1 Å². The number of halogens is 6. The summed E-state index contributed by atoms with van der Waals surface area (Å²) in [6.45, 7) is 8.27. The van der Waals surface area contributed by atoms with Crippen LogP contribution in [0.5, 0.6) is 5.75 Å². The second kappa shape index (κ2) is 14.0. The predicted molar refractivity (Wildman–Crippen MR) is 154 cm³/mol. The van der Waals surface area contributed by atoms with Crippen LogP contribution in [0.3, 0.4) is 0 Å². The van der Waals surface area contributed by atoms with E-state index in [1.165, 1.54) is 16.3 Å². The van der Waals surface area contributed by atoms with E-state index in [-0.39, 0.29) is 32.7 Å². The largest absolute Gasteiger partial charge is 0.504 e. The Morgan fingerprint density at radius 1 is 1.04 bits per heavy atom. The molecule has 13 heteroatoms. The van der Waals surface area contributed by atoms with Crippen molar-refractivity contribution in [3.05, 3.63) is 89.4 Å². The van der Waals surface area contributed by atoms with Gasteiger partial charge in [-0.1, -0.05) is 62.4 Å². The van der Waals surface area contributed by atoms with Gasteiger partial charge in [0.25, 0.3) is 5.78 Å². The Hall–Kier alpha value is -3.92. The SMILES string of the molecule is CCC(C)COc1ccc(/C(C(=O)C(F)(F)F)=C(/O)C(F)(F)F)cc1.Cc1cc2c3cccc(C)c3c3ncc[c-]c3n2n1.[Pt]. The number of rotatable bonds is 6. The van der Waals surface area contributed by atoms with Crippen LogP contribution in [0.2, 0.25) is 0 Å². The third-order valence-corrected chi connectivity index (χ3v) is 6.92. The van der Waals surface area contributed by atoms with Gasteiger partial charge in [0.2, 0.25) is 5.76 Å². The molecule has 5 aromatic rings. The number of ether oxygens (including phenoxy) is 1. The van der Waals surface area contributed by atoms with Gasteiger partial charge in [-0.05, 0) is 65.3 Å². The fourth-order valence-corrected chi connectivity index (χ4v) is 4.49. The fourth-order valence-electron chi connectivity index (χ4n) is 4.49. The molecule has 0 bridgehead atoms. The summed E-state index contributed by atoms with van der Waals surface area (Å²) in [6, 6.07) is 17.5. The molecule has 2 aromatic carbocycles. The van der Waals surface area contributed by atoms with E-state index in [0.717, 1.165) is 52.9 Å². The number of aliphatic hydroxyl groups is 1. The van der Waals surface area contributed by atoms with Crippen molar-refractivity contribution in [2.24, 2.45) is 5.92 Å². The summed E-state index contributed by atoms with van der Waals surface area (Å²) in [6.07, 6.45) is -8.46. The second-order valence-corrected chi connectivity index (χ2v) is 10.3. The summed E-state index contributed by atoms with van der Waals surface area (Å²) in [5.41, 5.74) is 2.69. The van der Waals surface area contributed by atoms with Crippen molar-refractivity contribution >= 4 is 38.7 Å². The molecule has 0 radical (unpaired) electrons. The van der Waals surface area contributed by atoms with Gasteiger partial charge in [-0.25, -0.2) is 0 Å². The Kier molecular flexibility index (Phi) is 11.1. The van der Waals surface area contributed by atoms with Crippen LogP contribution in [-0.2, 0) is 25.9 Å². The van der Waals surface area contributed by atoms with Gasteiger partial charge in [0, 0.05) is 21.1 Å². The molecule has 1 N–H and O–H groups in total. The summed E-state index contributed by atoms with van der Waals surface area (Å²) in [4.78, 5) is 15.9. The molecule has 242 valence electrons. The Bertz CT molecular complexity index is 1850. The van der Waals surface area contributed by atoms with Gasteiger partial charge in [0.05, 0.1) is 23.4 Å². The molecule has 0 saturated carbocycles. The predicted octanol–water partition coefficient (Wildman–Crippen LogP) is 8.52. The molecule has 1 atom stereocenters. The van der Waals surface area contributed by atoms with Gasteiger partial charge in [0.15, 0.2) is 0 Å². The molecule has 0 spiro atoms. The number of nitrogens with zero attached hydrogens (tertiary/aromatic N) is 3. The van der Waals surface area contributed by atoms with E-state index in [4.69, 9.17) is 9.84 Å². The average Bonchev–Trinajstić information content (AvgIpc) is 3.38. The zero-order valence-corrected chi connectivity index (χ0v) is 26.7. The van der Waals surface area contributed by atoms with Gasteiger partial charge in [-0.3, -0.25) is 9.31 Å². The minimum atomic E-state index is -5.57. The Morgan fingerprint density at radius 2 is 1.71 bits per heavy atom. The number of alkyl halides is 6. The number of carbonyl (C=O) groups is 1. The third-order valence-electron chi connectivity index (χ3n) is 6.92. The van der Waals surface area contributed by atoms with E-state index in [1.54, 1.807) is 6.20 Å². The molecular weight excluding hydrogens is 783 g/mol. The molecule has 3 aromatic heterocycles. The molecule has 3 heterocycles. The van der Waals surface area contributed by atoms with Crippen molar-refractivity contribution < 1.29 is 62.0 Å². The maximum Gasteiger partial charge on any atom is 0.455 e. The zero-order chi connectivity index (χ0) is 32.4. The van der Waals surface area contributed by atoms with Crippen molar-refractivity contribution in [3.8, 4) is 5.75 Å². The second-order valence-electron chi connectivity index (χ2n) is 10.3. The van der Waals surface area contributed by atoms with Gasteiger partial charge >= 0.3 is 12.4 Å². The van der Waals surface area contributed by atoms with Crippen molar-refractivity contribution in [3.63, 3.8) is 0 Å². The summed E-state index contributed by atoms with van der Waals surface area (Å²) < 4.78 is 82.8. The van der Waals surface area contributed by atoms with Crippen LogP contribution >= 0.6 is 0 Å². The molecule has 0 saturated heterocycles. The molecule has 0 aliphatic heterocycles. The minimum Gasteiger partial charge on any atom is -0.504 e. The first-order valence-electron chi connectivity index (χ1n) is 13.5. The van der Waals surface area contributed by atoms with Crippen LogP contribution in [0.4, 0.5) is 26.3 Å². The van der Waals surface area contributed by atoms with Crippen LogP contribution in [0.1, 0.15) is 37.1 Å². The maximum atomic E-state index is 12.6. The number of aliphatic hydroxyl groups excluding tert-OH is 1. The molecule has 6 nitrogen and oxygen atoms in total. The number of hydrogen-bond donors (Lipinski definition) is 1. The number of fused-ring (bicyclic) bond motifs is 6.